The van der Waals surface area contributed by atoms with Gasteiger partial charge in [0.1, 0.15) is 0 Å². The standard InChI is InChI=1S/C23H40N4O4/c1-5-7-14-25-22(28)30-18(3)27(19(4)31-23(29)26-15-8-6-2)17-21(24)16-20-12-10-9-11-13-20/h9-13,18-19,21H,5-8,14-17,24H2,1-4H3,(H,25,28)(H,26,29). The van der Waals surface area contributed by atoms with E-state index in [2.05, 4.69) is 24.5 Å². The highest BCUT2D eigenvalue weighted by Crippen LogP contribution is 2.12. The number of benzene rings is 1. The first-order chi connectivity index (χ1) is 14.9. The molecule has 8 nitrogen and oxygen atoms in total. The van der Waals surface area contributed by atoms with Crippen molar-refractivity contribution in [2.75, 3.05) is 19.6 Å². The number of unbranched alkanes of at least 4 members (excludes halogenated alkanes) is 2. The van der Waals surface area contributed by atoms with Crippen LogP contribution in [-0.4, -0.2) is 55.2 Å². The molecule has 3 unspecified atom stereocenters. The predicted molar refractivity (Wildman–Crippen MR) is 123 cm³/mol. The second-order valence-electron chi connectivity index (χ2n) is 7.72. The minimum atomic E-state index is -0.623. The SMILES string of the molecule is CCCCNC(=O)OC(C)N(CC(N)Cc1ccccc1)C(C)OC(=O)NCCCC. The maximum absolute atomic E-state index is 12.1. The third kappa shape index (κ3) is 11.6. The predicted octanol–water partition coefficient (Wildman–Crippen LogP) is 3.60. The van der Waals surface area contributed by atoms with Crippen LogP contribution in [0.4, 0.5) is 9.59 Å². The monoisotopic (exact) mass is 436 g/mol. The normalized spacial score (nSPS) is 13.9. The number of rotatable bonds is 14. The van der Waals surface area contributed by atoms with Crippen molar-refractivity contribution >= 4 is 12.2 Å². The number of ether oxygens (including phenoxy) is 2. The Labute approximate surface area is 186 Å². The number of nitrogens with one attached hydrogen (secondary N) is 2. The number of amides is 2. The van der Waals surface area contributed by atoms with Crippen LogP contribution in [0.5, 0.6) is 0 Å². The number of hydrogen-bond acceptors (Lipinski definition) is 6. The fraction of sp³-hybridized carbons (Fsp3) is 0.652. The number of carbonyl (C=O) groups excluding carboxylic acids is 2. The first-order valence-electron chi connectivity index (χ1n) is 11.3. The second kappa shape index (κ2) is 15.5. The Hall–Kier alpha value is -2.32. The van der Waals surface area contributed by atoms with Crippen molar-refractivity contribution < 1.29 is 19.1 Å². The molecule has 0 heterocycles. The fourth-order valence-electron chi connectivity index (χ4n) is 3.11. The molecular formula is C23H40N4O4. The van der Waals surface area contributed by atoms with Gasteiger partial charge in [-0.2, -0.15) is 0 Å². The van der Waals surface area contributed by atoms with Crippen molar-refractivity contribution in [1.82, 2.24) is 15.5 Å². The number of nitrogens with zero attached hydrogens (tertiary/aromatic N) is 1. The zero-order valence-electron chi connectivity index (χ0n) is 19.4. The molecule has 1 aromatic carbocycles. The minimum Gasteiger partial charge on any atom is -0.430 e. The summed E-state index contributed by atoms with van der Waals surface area (Å²) in [5, 5.41) is 5.47. The fourth-order valence-corrected chi connectivity index (χ4v) is 3.11. The van der Waals surface area contributed by atoms with Crippen LogP contribution < -0.4 is 16.4 Å². The Morgan fingerprint density at radius 1 is 0.935 bits per heavy atom. The van der Waals surface area contributed by atoms with Gasteiger partial charge in [0.2, 0.25) is 0 Å². The molecule has 0 aliphatic rings. The third-order valence-corrected chi connectivity index (χ3v) is 4.87. The summed E-state index contributed by atoms with van der Waals surface area (Å²) in [6.07, 6.45) is 2.14. The molecular weight excluding hydrogens is 396 g/mol. The molecule has 1 rings (SSSR count). The van der Waals surface area contributed by atoms with E-state index in [-0.39, 0.29) is 6.04 Å². The number of alkyl carbamates (subject to hydrolysis) is 2. The van der Waals surface area contributed by atoms with Gasteiger partial charge in [0.25, 0.3) is 0 Å². The maximum Gasteiger partial charge on any atom is 0.408 e. The van der Waals surface area contributed by atoms with Gasteiger partial charge in [0.15, 0.2) is 12.5 Å². The molecule has 0 aromatic heterocycles. The first kappa shape index (κ1) is 26.7. The molecule has 3 atom stereocenters. The van der Waals surface area contributed by atoms with Crippen LogP contribution >= 0.6 is 0 Å². The summed E-state index contributed by atoms with van der Waals surface area (Å²) < 4.78 is 11.0. The van der Waals surface area contributed by atoms with Gasteiger partial charge in [0.05, 0.1) is 0 Å². The van der Waals surface area contributed by atoms with Crippen LogP contribution in [0.3, 0.4) is 0 Å². The third-order valence-electron chi connectivity index (χ3n) is 4.87. The van der Waals surface area contributed by atoms with Crippen molar-refractivity contribution in [2.24, 2.45) is 5.73 Å². The van der Waals surface area contributed by atoms with Crippen molar-refractivity contribution in [1.29, 1.82) is 0 Å². The van der Waals surface area contributed by atoms with Crippen molar-refractivity contribution in [2.45, 2.75) is 78.3 Å². The van der Waals surface area contributed by atoms with Gasteiger partial charge in [-0.15, -0.1) is 0 Å². The van der Waals surface area contributed by atoms with E-state index in [1.807, 2.05) is 30.3 Å². The van der Waals surface area contributed by atoms with Gasteiger partial charge in [-0.3, -0.25) is 0 Å². The maximum atomic E-state index is 12.1. The number of nitrogens with two attached hydrogens (primary N) is 1. The molecule has 0 saturated carbocycles. The molecule has 0 bridgehead atoms. The van der Waals surface area contributed by atoms with Crippen molar-refractivity contribution in [3.05, 3.63) is 35.9 Å². The average molecular weight is 437 g/mol. The minimum absolute atomic E-state index is 0.231. The first-order valence-corrected chi connectivity index (χ1v) is 11.3. The van der Waals surface area contributed by atoms with E-state index in [9.17, 15) is 9.59 Å². The number of hydrogen-bond donors (Lipinski definition) is 3. The van der Waals surface area contributed by atoms with Gasteiger partial charge >= 0.3 is 12.2 Å². The molecule has 2 amide bonds. The Bertz CT molecular complexity index is 599. The summed E-state index contributed by atoms with van der Waals surface area (Å²) in [7, 11) is 0. The highest BCUT2D eigenvalue weighted by molar-refractivity contribution is 5.67. The summed E-state index contributed by atoms with van der Waals surface area (Å²) in [5.41, 5.74) is 7.50. The lowest BCUT2D eigenvalue weighted by Gasteiger charge is -2.34. The molecule has 1 aromatic rings. The summed E-state index contributed by atoms with van der Waals surface area (Å²) in [4.78, 5) is 26.0. The highest BCUT2D eigenvalue weighted by atomic mass is 16.6. The Morgan fingerprint density at radius 2 is 1.42 bits per heavy atom. The summed E-state index contributed by atoms with van der Waals surface area (Å²) in [6, 6.07) is 9.71. The lowest BCUT2D eigenvalue weighted by molar-refractivity contribution is -0.0938. The van der Waals surface area contributed by atoms with E-state index in [0.29, 0.717) is 26.1 Å². The van der Waals surface area contributed by atoms with Crippen LogP contribution in [0, 0.1) is 0 Å². The van der Waals surface area contributed by atoms with Gasteiger partial charge in [-0.1, -0.05) is 57.0 Å². The van der Waals surface area contributed by atoms with Crippen molar-refractivity contribution in [3.8, 4) is 0 Å². The van der Waals surface area contributed by atoms with Gasteiger partial charge < -0.3 is 25.8 Å². The Balaban J connectivity index is 2.74. The van der Waals surface area contributed by atoms with Crippen LogP contribution in [0.25, 0.3) is 0 Å². The lowest BCUT2D eigenvalue weighted by Crippen LogP contribution is -2.51. The molecule has 176 valence electrons. The molecule has 0 radical (unpaired) electrons. The van der Waals surface area contributed by atoms with Crippen molar-refractivity contribution in [3.63, 3.8) is 0 Å². The molecule has 0 spiro atoms. The van der Waals surface area contributed by atoms with E-state index in [4.69, 9.17) is 15.2 Å². The molecule has 0 aliphatic heterocycles. The second-order valence-corrected chi connectivity index (χ2v) is 7.72. The van der Waals surface area contributed by atoms with Gasteiger partial charge in [0, 0.05) is 25.7 Å². The molecule has 31 heavy (non-hydrogen) atoms. The van der Waals surface area contributed by atoms with Gasteiger partial charge in [-0.25, -0.2) is 14.5 Å². The Kier molecular flexibility index (Phi) is 13.3. The quantitative estimate of drug-likeness (QED) is 0.304. The average Bonchev–Trinajstić information content (AvgIpc) is 2.73. The van der Waals surface area contributed by atoms with E-state index < -0.39 is 24.6 Å². The smallest absolute Gasteiger partial charge is 0.408 e. The topological polar surface area (TPSA) is 106 Å². The lowest BCUT2D eigenvalue weighted by atomic mass is 10.1. The molecule has 4 N–H and O–H groups in total. The van der Waals surface area contributed by atoms with Gasteiger partial charge in [-0.05, 0) is 38.7 Å². The molecule has 0 fully saturated rings. The number of carbonyl (C=O) groups is 2. The van der Waals surface area contributed by atoms with Crippen LogP contribution in [0.1, 0.15) is 58.9 Å². The summed E-state index contributed by atoms with van der Waals surface area (Å²) >= 11 is 0. The van der Waals surface area contributed by atoms with Crippen LogP contribution in [0.2, 0.25) is 0 Å². The Morgan fingerprint density at radius 3 is 1.87 bits per heavy atom. The summed E-state index contributed by atoms with van der Waals surface area (Å²) in [6.45, 7) is 9.11. The highest BCUT2D eigenvalue weighted by Gasteiger charge is 2.27. The molecule has 0 saturated heterocycles. The summed E-state index contributed by atoms with van der Waals surface area (Å²) in [5.74, 6) is 0. The van der Waals surface area contributed by atoms with E-state index >= 15 is 0 Å². The van der Waals surface area contributed by atoms with Crippen LogP contribution in [-0.2, 0) is 15.9 Å². The van der Waals surface area contributed by atoms with E-state index in [1.54, 1.807) is 18.7 Å². The van der Waals surface area contributed by atoms with Crippen LogP contribution in [0.15, 0.2) is 30.3 Å². The molecule has 0 aliphatic carbocycles. The zero-order valence-corrected chi connectivity index (χ0v) is 19.4. The largest absolute Gasteiger partial charge is 0.430 e. The molecule has 8 heteroatoms. The zero-order chi connectivity index (χ0) is 23.1. The van der Waals surface area contributed by atoms with E-state index in [0.717, 1.165) is 31.2 Å². The van der Waals surface area contributed by atoms with E-state index in [1.165, 1.54) is 0 Å².